The molecule has 0 fully saturated rings. The number of hydrogen-bond acceptors (Lipinski definition) is 4. The van der Waals surface area contributed by atoms with Gasteiger partial charge in [0.2, 0.25) is 0 Å². The van der Waals surface area contributed by atoms with Crippen molar-refractivity contribution >= 4 is 22.1 Å². The number of unbranched alkanes of at least 4 members (excludes halogenated alkanes) is 2. The first-order valence-electron chi connectivity index (χ1n) is 7.12. The summed E-state index contributed by atoms with van der Waals surface area (Å²) in [6.45, 7) is 6.50. The number of aliphatic hydroxyl groups excluding tert-OH is 1. The number of fused-ring (bicyclic) bond motifs is 1. The van der Waals surface area contributed by atoms with Crippen LogP contribution in [0.25, 0.3) is 4.96 Å². The number of imidazole rings is 1. The van der Waals surface area contributed by atoms with Gasteiger partial charge in [-0.15, -0.1) is 11.3 Å². The summed E-state index contributed by atoms with van der Waals surface area (Å²) in [4.78, 5) is 8.00. The maximum atomic E-state index is 9.64. The molecule has 0 atom stereocenters. The Morgan fingerprint density at radius 1 is 1.26 bits per heavy atom. The standard InChI is InChI=1S/C14H23N3OS/c1-3-5-7-16(8-6-4-2)13-12(11-18)17-9-10-19-14(17)15-13/h9-10,18H,3-8,11H2,1-2H3. The zero-order valence-electron chi connectivity index (χ0n) is 11.8. The Morgan fingerprint density at radius 3 is 2.53 bits per heavy atom. The second-order valence-electron chi connectivity index (χ2n) is 4.79. The van der Waals surface area contributed by atoms with Crippen LogP contribution in [-0.2, 0) is 6.61 Å². The summed E-state index contributed by atoms with van der Waals surface area (Å²) in [7, 11) is 0. The van der Waals surface area contributed by atoms with Gasteiger partial charge in [0.1, 0.15) is 0 Å². The van der Waals surface area contributed by atoms with Crippen molar-refractivity contribution in [1.29, 1.82) is 0 Å². The lowest BCUT2D eigenvalue weighted by molar-refractivity contribution is 0.276. The highest BCUT2D eigenvalue weighted by Crippen LogP contribution is 2.25. The Hall–Kier alpha value is -1.07. The van der Waals surface area contributed by atoms with Crippen LogP contribution in [0.4, 0.5) is 5.82 Å². The monoisotopic (exact) mass is 281 g/mol. The lowest BCUT2D eigenvalue weighted by Crippen LogP contribution is -2.27. The Labute approximate surface area is 118 Å². The van der Waals surface area contributed by atoms with E-state index in [1.807, 2.05) is 16.0 Å². The van der Waals surface area contributed by atoms with E-state index in [-0.39, 0.29) is 6.61 Å². The molecule has 2 rings (SSSR count). The van der Waals surface area contributed by atoms with Crippen LogP contribution in [0.15, 0.2) is 11.6 Å². The van der Waals surface area contributed by atoms with E-state index >= 15 is 0 Å². The van der Waals surface area contributed by atoms with Crippen LogP contribution >= 0.6 is 11.3 Å². The van der Waals surface area contributed by atoms with Gasteiger partial charge in [0.05, 0.1) is 12.3 Å². The summed E-state index contributed by atoms with van der Waals surface area (Å²) in [5.41, 5.74) is 0.920. The molecule has 0 radical (unpaired) electrons. The molecule has 2 aromatic rings. The molecule has 106 valence electrons. The van der Waals surface area contributed by atoms with Crippen LogP contribution in [0.5, 0.6) is 0 Å². The molecule has 19 heavy (non-hydrogen) atoms. The van der Waals surface area contributed by atoms with Crippen molar-refractivity contribution in [2.24, 2.45) is 0 Å². The van der Waals surface area contributed by atoms with Crippen molar-refractivity contribution in [1.82, 2.24) is 9.38 Å². The topological polar surface area (TPSA) is 40.8 Å². The molecule has 0 unspecified atom stereocenters. The number of hydrogen-bond donors (Lipinski definition) is 1. The summed E-state index contributed by atoms with van der Waals surface area (Å²) in [5, 5.41) is 11.6. The molecule has 0 aliphatic rings. The van der Waals surface area contributed by atoms with E-state index in [1.54, 1.807) is 11.3 Å². The van der Waals surface area contributed by atoms with Gasteiger partial charge in [0, 0.05) is 24.7 Å². The fourth-order valence-electron chi connectivity index (χ4n) is 2.24. The summed E-state index contributed by atoms with van der Waals surface area (Å²) in [6.07, 6.45) is 6.68. The number of thiazole rings is 1. The van der Waals surface area contributed by atoms with E-state index in [9.17, 15) is 5.11 Å². The number of nitrogens with zero attached hydrogens (tertiary/aromatic N) is 3. The van der Waals surface area contributed by atoms with Crippen LogP contribution in [0, 0.1) is 0 Å². The summed E-state index contributed by atoms with van der Waals surface area (Å²) in [5.74, 6) is 0.969. The second kappa shape index (κ2) is 6.91. The molecular formula is C14H23N3OS. The average Bonchev–Trinajstić information content (AvgIpc) is 2.99. The Morgan fingerprint density at radius 2 is 1.95 bits per heavy atom. The van der Waals surface area contributed by atoms with Crippen LogP contribution in [0.1, 0.15) is 45.2 Å². The van der Waals surface area contributed by atoms with E-state index in [0.29, 0.717) is 0 Å². The minimum atomic E-state index is 0.0436. The fraction of sp³-hybridized carbons (Fsp3) is 0.643. The zero-order valence-corrected chi connectivity index (χ0v) is 12.6. The van der Waals surface area contributed by atoms with Crippen molar-refractivity contribution in [3.63, 3.8) is 0 Å². The van der Waals surface area contributed by atoms with Gasteiger partial charge in [-0.05, 0) is 12.8 Å². The first-order valence-corrected chi connectivity index (χ1v) is 8.00. The summed E-state index contributed by atoms with van der Waals surface area (Å²) < 4.78 is 2.00. The van der Waals surface area contributed by atoms with E-state index < -0.39 is 0 Å². The quantitative estimate of drug-likeness (QED) is 0.807. The third-order valence-corrected chi connectivity index (χ3v) is 4.11. The predicted molar refractivity (Wildman–Crippen MR) is 81.0 cm³/mol. The van der Waals surface area contributed by atoms with E-state index in [0.717, 1.165) is 29.6 Å². The van der Waals surface area contributed by atoms with Crippen molar-refractivity contribution in [3.8, 4) is 0 Å². The molecule has 0 aromatic carbocycles. The van der Waals surface area contributed by atoms with E-state index in [2.05, 4.69) is 18.7 Å². The lowest BCUT2D eigenvalue weighted by Gasteiger charge is -2.23. The maximum absolute atomic E-state index is 9.64. The van der Waals surface area contributed by atoms with Crippen molar-refractivity contribution in [2.45, 2.75) is 46.1 Å². The molecule has 0 aliphatic carbocycles. The molecule has 4 nitrogen and oxygen atoms in total. The van der Waals surface area contributed by atoms with Gasteiger partial charge in [-0.25, -0.2) is 4.98 Å². The van der Waals surface area contributed by atoms with Gasteiger partial charge < -0.3 is 10.0 Å². The molecule has 5 heteroatoms. The molecule has 1 N–H and O–H groups in total. The molecule has 0 saturated heterocycles. The summed E-state index contributed by atoms with van der Waals surface area (Å²) in [6, 6.07) is 0. The summed E-state index contributed by atoms with van der Waals surface area (Å²) >= 11 is 1.62. The minimum absolute atomic E-state index is 0.0436. The highest BCUT2D eigenvalue weighted by molar-refractivity contribution is 7.15. The fourth-order valence-corrected chi connectivity index (χ4v) is 2.97. The second-order valence-corrected chi connectivity index (χ2v) is 5.66. The largest absolute Gasteiger partial charge is 0.390 e. The number of anilines is 1. The van der Waals surface area contributed by atoms with Gasteiger partial charge in [-0.3, -0.25) is 4.40 Å². The van der Waals surface area contributed by atoms with Crippen LogP contribution in [-0.4, -0.2) is 27.6 Å². The minimum Gasteiger partial charge on any atom is -0.390 e. The number of aromatic nitrogens is 2. The molecule has 0 aliphatic heterocycles. The first kappa shape index (κ1) is 14.3. The third kappa shape index (κ3) is 3.09. The van der Waals surface area contributed by atoms with Crippen LogP contribution < -0.4 is 4.90 Å². The molecular weight excluding hydrogens is 258 g/mol. The SMILES string of the molecule is CCCCN(CCCC)c1nc2sccn2c1CO. The predicted octanol–water partition coefficient (Wildman–Crippen LogP) is 3.29. The Balaban J connectivity index is 2.27. The smallest absolute Gasteiger partial charge is 0.195 e. The van der Waals surface area contributed by atoms with Gasteiger partial charge in [-0.1, -0.05) is 26.7 Å². The van der Waals surface area contributed by atoms with Gasteiger partial charge in [0.25, 0.3) is 0 Å². The highest BCUT2D eigenvalue weighted by atomic mass is 32.1. The normalized spacial score (nSPS) is 11.3. The average molecular weight is 281 g/mol. The van der Waals surface area contributed by atoms with Gasteiger partial charge >= 0.3 is 0 Å². The molecule has 0 saturated carbocycles. The Bertz CT molecular complexity index is 498. The van der Waals surface area contributed by atoms with Crippen molar-refractivity contribution < 1.29 is 5.11 Å². The molecule has 0 spiro atoms. The van der Waals surface area contributed by atoms with Crippen molar-refractivity contribution in [3.05, 3.63) is 17.3 Å². The van der Waals surface area contributed by atoms with Gasteiger partial charge in [0.15, 0.2) is 10.8 Å². The zero-order chi connectivity index (χ0) is 13.7. The third-order valence-electron chi connectivity index (χ3n) is 3.35. The highest BCUT2D eigenvalue weighted by Gasteiger charge is 2.17. The Kier molecular flexibility index (Phi) is 5.22. The maximum Gasteiger partial charge on any atom is 0.195 e. The van der Waals surface area contributed by atoms with E-state index in [4.69, 9.17) is 4.98 Å². The number of aliphatic hydroxyl groups is 1. The lowest BCUT2D eigenvalue weighted by atomic mass is 10.2. The van der Waals surface area contributed by atoms with Crippen LogP contribution in [0.3, 0.4) is 0 Å². The molecule has 2 heterocycles. The number of rotatable bonds is 8. The van der Waals surface area contributed by atoms with E-state index in [1.165, 1.54) is 25.7 Å². The molecule has 2 aromatic heterocycles. The van der Waals surface area contributed by atoms with Gasteiger partial charge in [-0.2, -0.15) is 0 Å². The molecule has 0 bridgehead atoms. The van der Waals surface area contributed by atoms with Crippen LogP contribution in [0.2, 0.25) is 0 Å². The van der Waals surface area contributed by atoms with Crippen molar-refractivity contribution in [2.75, 3.05) is 18.0 Å². The first-order chi connectivity index (χ1) is 9.31. The molecule has 0 amide bonds.